The van der Waals surface area contributed by atoms with Crippen molar-refractivity contribution < 1.29 is 14.3 Å². The van der Waals surface area contributed by atoms with Crippen LogP contribution in [0.25, 0.3) is 0 Å². The molecule has 0 atom stereocenters. The van der Waals surface area contributed by atoms with Crippen molar-refractivity contribution in [3.8, 4) is 11.5 Å². The molecule has 1 amide bonds. The van der Waals surface area contributed by atoms with Gasteiger partial charge in [-0.05, 0) is 42.8 Å². The predicted molar refractivity (Wildman–Crippen MR) is 102 cm³/mol. The van der Waals surface area contributed by atoms with E-state index in [0.717, 1.165) is 22.0 Å². The van der Waals surface area contributed by atoms with Crippen molar-refractivity contribution >= 4 is 17.2 Å². The number of hydrogen-bond acceptors (Lipinski definition) is 5. The van der Waals surface area contributed by atoms with Gasteiger partial charge in [-0.25, -0.2) is 4.98 Å². The second-order valence-corrected chi connectivity index (χ2v) is 6.77. The van der Waals surface area contributed by atoms with Crippen molar-refractivity contribution in [3.63, 3.8) is 0 Å². The fourth-order valence-corrected chi connectivity index (χ4v) is 2.98. The number of amides is 1. The average molecular weight is 368 g/mol. The Kier molecular flexibility index (Phi) is 5.86. The van der Waals surface area contributed by atoms with E-state index in [1.165, 1.54) is 0 Å². The van der Waals surface area contributed by atoms with E-state index in [1.807, 2.05) is 48.7 Å². The van der Waals surface area contributed by atoms with Gasteiger partial charge in [-0.2, -0.15) is 0 Å². The maximum Gasteiger partial charge on any atom is 0.251 e. The Balaban J connectivity index is 1.56. The molecule has 0 aliphatic heterocycles. The van der Waals surface area contributed by atoms with Crippen molar-refractivity contribution in [1.82, 2.24) is 10.3 Å². The van der Waals surface area contributed by atoms with Crippen LogP contribution in [0.1, 0.15) is 26.6 Å². The number of carbonyl (C=O) groups excluding carboxylic acids is 1. The number of carbonyl (C=O) groups is 1. The maximum atomic E-state index is 12.4. The van der Waals surface area contributed by atoms with Gasteiger partial charge in [-0.15, -0.1) is 11.3 Å². The minimum absolute atomic E-state index is 0.143. The summed E-state index contributed by atoms with van der Waals surface area (Å²) in [6.45, 7) is 2.80. The van der Waals surface area contributed by atoms with Gasteiger partial charge in [-0.3, -0.25) is 4.79 Å². The van der Waals surface area contributed by atoms with Crippen LogP contribution in [0.4, 0.5) is 0 Å². The lowest BCUT2D eigenvalue weighted by Gasteiger charge is -2.09. The number of rotatable bonds is 7. The molecule has 0 saturated carbocycles. The van der Waals surface area contributed by atoms with Gasteiger partial charge in [0.05, 0.1) is 17.8 Å². The summed E-state index contributed by atoms with van der Waals surface area (Å²) in [6, 6.07) is 14.7. The van der Waals surface area contributed by atoms with Gasteiger partial charge in [-0.1, -0.05) is 18.2 Å². The Hall–Kier alpha value is -2.86. The summed E-state index contributed by atoms with van der Waals surface area (Å²) in [5.74, 6) is 1.30. The fourth-order valence-electron chi connectivity index (χ4n) is 2.39. The molecule has 1 aromatic heterocycles. The molecule has 0 spiro atoms. The van der Waals surface area contributed by atoms with E-state index >= 15 is 0 Å². The molecule has 3 aromatic rings. The fraction of sp³-hybridized carbons (Fsp3) is 0.200. The molecule has 5 nitrogen and oxygen atoms in total. The largest absolute Gasteiger partial charge is 0.497 e. The van der Waals surface area contributed by atoms with Crippen LogP contribution in [-0.4, -0.2) is 18.0 Å². The quantitative estimate of drug-likeness (QED) is 0.685. The number of hydrogen-bond donors (Lipinski definition) is 1. The van der Waals surface area contributed by atoms with Crippen LogP contribution in [0.5, 0.6) is 11.5 Å². The van der Waals surface area contributed by atoms with Gasteiger partial charge >= 0.3 is 0 Å². The van der Waals surface area contributed by atoms with Crippen LogP contribution in [0.15, 0.2) is 53.9 Å². The lowest BCUT2D eigenvalue weighted by Crippen LogP contribution is -2.22. The van der Waals surface area contributed by atoms with Crippen LogP contribution < -0.4 is 14.8 Å². The Morgan fingerprint density at radius 2 is 1.96 bits per heavy atom. The van der Waals surface area contributed by atoms with Crippen LogP contribution in [0.2, 0.25) is 0 Å². The number of thiazole rings is 1. The molecule has 0 radical (unpaired) electrons. The second kappa shape index (κ2) is 8.49. The number of benzene rings is 2. The van der Waals surface area contributed by atoms with Crippen molar-refractivity contribution in [2.45, 2.75) is 20.1 Å². The third kappa shape index (κ3) is 4.83. The van der Waals surface area contributed by atoms with Crippen molar-refractivity contribution in [2.24, 2.45) is 0 Å². The molecule has 1 N–H and O–H groups in total. The lowest BCUT2D eigenvalue weighted by molar-refractivity contribution is 0.0950. The van der Waals surface area contributed by atoms with Crippen molar-refractivity contribution in [3.05, 3.63) is 75.7 Å². The standard InChI is InChI=1S/C20H20N2O3S/c1-14-22-17(13-26-14)12-25-19-5-3-4-16(10-19)20(23)21-11-15-6-8-18(24-2)9-7-15/h3-10,13H,11-12H2,1-2H3,(H,21,23). The molecule has 134 valence electrons. The number of methoxy groups -OCH3 is 1. The number of nitrogens with zero attached hydrogens (tertiary/aromatic N) is 1. The second-order valence-electron chi connectivity index (χ2n) is 5.71. The zero-order valence-corrected chi connectivity index (χ0v) is 15.5. The molecule has 6 heteroatoms. The molecule has 0 saturated heterocycles. The normalized spacial score (nSPS) is 10.4. The molecule has 0 unspecified atom stereocenters. The van der Waals surface area contributed by atoms with Crippen molar-refractivity contribution in [1.29, 1.82) is 0 Å². The molecule has 2 aromatic carbocycles. The van der Waals surface area contributed by atoms with Gasteiger partial charge in [0.15, 0.2) is 0 Å². The minimum atomic E-state index is -0.143. The summed E-state index contributed by atoms with van der Waals surface area (Å²) >= 11 is 1.59. The summed E-state index contributed by atoms with van der Waals surface area (Å²) in [4.78, 5) is 16.7. The Morgan fingerprint density at radius 3 is 2.65 bits per heavy atom. The van der Waals surface area contributed by atoms with Gasteiger partial charge in [0.25, 0.3) is 5.91 Å². The van der Waals surface area contributed by atoms with Crippen LogP contribution in [0, 0.1) is 6.92 Å². The Bertz CT molecular complexity index is 875. The topological polar surface area (TPSA) is 60.5 Å². The summed E-state index contributed by atoms with van der Waals surface area (Å²) < 4.78 is 10.9. The maximum absolute atomic E-state index is 12.4. The SMILES string of the molecule is COc1ccc(CNC(=O)c2cccc(OCc3csc(C)n3)c2)cc1. The number of nitrogens with one attached hydrogen (secondary N) is 1. The third-order valence-corrected chi connectivity index (χ3v) is 4.58. The monoisotopic (exact) mass is 368 g/mol. The summed E-state index contributed by atoms with van der Waals surface area (Å²) in [7, 11) is 1.63. The van der Waals surface area contributed by atoms with Gasteiger partial charge < -0.3 is 14.8 Å². The zero-order chi connectivity index (χ0) is 18.4. The van der Waals surface area contributed by atoms with E-state index in [0.29, 0.717) is 24.5 Å². The summed E-state index contributed by atoms with van der Waals surface area (Å²) in [6.07, 6.45) is 0. The zero-order valence-electron chi connectivity index (χ0n) is 14.7. The van der Waals surface area contributed by atoms with Crippen LogP contribution in [0.3, 0.4) is 0 Å². The molecule has 1 heterocycles. The average Bonchev–Trinajstić information content (AvgIpc) is 3.10. The summed E-state index contributed by atoms with van der Waals surface area (Å²) in [5, 5.41) is 5.89. The highest BCUT2D eigenvalue weighted by molar-refractivity contribution is 7.09. The predicted octanol–water partition coefficient (Wildman–Crippen LogP) is 3.97. The van der Waals surface area contributed by atoms with Gasteiger partial charge in [0.2, 0.25) is 0 Å². The Labute approximate surface area is 156 Å². The molecule has 0 bridgehead atoms. The molecular formula is C20H20N2O3S. The number of aryl methyl sites for hydroxylation is 1. The molecule has 3 rings (SSSR count). The highest BCUT2D eigenvalue weighted by atomic mass is 32.1. The smallest absolute Gasteiger partial charge is 0.251 e. The van der Waals surface area contributed by atoms with E-state index < -0.39 is 0 Å². The molecular weight excluding hydrogens is 348 g/mol. The number of aromatic nitrogens is 1. The Morgan fingerprint density at radius 1 is 1.15 bits per heavy atom. The van der Waals surface area contributed by atoms with E-state index in [1.54, 1.807) is 30.6 Å². The van der Waals surface area contributed by atoms with E-state index in [4.69, 9.17) is 9.47 Å². The first-order valence-electron chi connectivity index (χ1n) is 8.19. The first kappa shape index (κ1) is 17.9. The molecule has 0 fully saturated rings. The van der Waals surface area contributed by atoms with E-state index in [2.05, 4.69) is 10.3 Å². The van der Waals surface area contributed by atoms with Gasteiger partial charge in [0.1, 0.15) is 18.1 Å². The number of ether oxygens (including phenoxy) is 2. The van der Waals surface area contributed by atoms with Gasteiger partial charge in [0, 0.05) is 17.5 Å². The van der Waals surface area contributed by atoms with Crippen molar-refractivity contribution in [2.75, 3.05) is 7.11 Å². The molecule has 0 aliphatic carbocycles. The van der Waals surface area contributed by atoms with E-state index in [9.17, 15) is 4.79 Å². The molecule has 26 heavy (non-hydrogen) atoms. The molecule has 0 aliphatic rings. The first-order chi connectivity index (χ1) is 12.6. The lowest BCUT2D eigenvalue weighted by atomic mass is 10.2. The van der Waals surface area contributed by atoms with Crippen LogP contribution in [-0.2, 0) is 13.2 Å². The van der Waals surface area contributed by atoms with Crippen LogP contribution >= 0.6 is 11.3 Å². The third-order valence-electron chi connectivity index (χ3n) is 3.76. The first-order valence-corrected chi connectivity index (χ1v) is 9.07. The highest BCUT2D eigenvalue weighted by Crippen LogP contribution is 2.17. The summed E-state index contributed by atoms with van der Waals surface area (Å²) in [5.41, 5.74) is 2.46. The highest BCUT2D eigenvalue weighted by Gasteiger charge is 2.07. The minimum Gasteiger partial charge on any atom is -0.497 e. The van der Waals surface area contributed by atoms with E-state index in [-0.39, 0.29) is 5.91 Å².